The van der Waals surface area contributed by atoms with E-state index in [9.17, 15) is 9.59 Å². The van der Waals surface area contributed by atoms with Gasteiger partial charge in [-0.05, 0) is 25.2 Å². The highest BCUT2D eigenvalue weighted by atomic mass is 16.2. The quantitative estimate of drug-likeness (QED) is 0.719. The molecule has 0 aromatic heterocycles. The monoisotopic (exact) mass is 198 g/mol. The first kappa shape index (κ1) is 11.0. The van der Waals surface area contributed by atoms with Gasteiger partial charge in [-0.15, -0.1) is 0 Å². The standard InChI is InChI=1S/C10H18N2O2/c1-2-8(7-5-3-4-6-7)9(13)12-10(11)14/h7-8H,2-6H2,1H3,(H3,11,12,13,14)/t8-/m0/s1. The lowest BCUT2D eigenvalue weighted by Crippen LogP contribution is -2.40. The highest BCUT2D eigenvalue weighted by molar-refractivity contribution is 5.94. The second kappa shape index (κ2) is 4.98. The number of nitrogens with one attached hydrogen (secondary N) is 1. The molecule has 4 nitrogen and oxygen atoms in total. The Labute approximate surface area is 84.2 Å². The van der Waals surface area contributed by atoms with Crippen molar-refractivity contribution in [2.45, 2.75) is 39.0 Å². The molecule has 0 aromatic rings. The fraction of sp³-hybridized carbons (Fsp3) is 0.800. The van der Waals surface area contributed by atoms with Gasteiger partial charge in [-0.3, -0.25) is 10.1 Å². The van der Waals surface area contributed by atoms with E-state index in [2.05, 4.69) is 5.32 Å². The van der Waals surface area contributed by atoms with E-state index in [4.69, 9.17) is 5.73 Å². The van der Waals surface area contributed by atoms with E-state index < -0.39 is 6.03 Å². The normalized spacial score (nSPS) is 19.2. The first-order valence-electron chi connectivity index (χ1n) is 5.25. The molecule has 1 rings (SSSR count). The molecule has 0 aromatic carbocycles. The number of nitrogens with two attached hydrogens (primary N) is 1. The third kappa shape index (κ3) is 2.72. The topological polar surface area (TPSA) is 72.2 Å². The van der Waals surface area contributed by atoms with Crippen LogP contribution in [0.1, 0.15) is 39.0 Å². The van der Waals surface area contributed by atoms with Crippen molar-refractivity contribution in [2.75, 3.05) is 0 Å². The highest BCUT2D eigenvalue weighted by Crippen LogP contribution is 2.33. The Morgan fingerprint density at radius 2 is 2.00 bits per heavy atom. The lowest BCUT2D eigenvalue weighted by Gasteiger charge is -2.19. The van der Waals surface area contributed by atoms with Gasteiger partial charge in [0.15, 0.2) is 0 Å². The van der Waals surface area contributed by atoms with Crippen LogP contribution < -0.4 is 11.1 Å². The van der Waals surface area contributed by atoms with E-state index >= 15 is 0 Å². The van der Waals surface area contributed by atoms with Gasteiger partial charge in [0.25, 0.3) is 0 Å². The summed E-state index contributed by atoms with van der Waals surface area (Å²) >= 11 is 0. The summed E-state index contributed by atoms with van der Waals surface area (Å²) in [5, 5.41) is 2.17. The number of carbonyl (C=O) groups is 2. The number of primary amides is 1. The molecule has 1 fully saturated rings. The zero-order valence-electron chi connectivity index (χ0n) is 8.58. The van der Waals surface area contributed by atoms with Gasteiger partial charge in [-0.1, -0.05) is 19.8 Å². The minimum atomic E-state index is -0.744. The van der Waals surface area contributed by atoms with Gasteiger partial charge in [-0.25, -0.2) is 4.79 Å². The molecule has 0 aliphatic heterocycles. The fourth-order valence-electron chi connectivity index (χ4n) is 2.31. The summed E-state index contributed by atoms with van der Waals surface area (Å²) in [6.07, 6.45) is 5.38. The van der Waals surface area contributed by atoms with Gasteiger partial charge < -0.3 is 5.73 Å². The van der Waals surface area contributed by atoms with Crippen molar-refractivity contribution in [3.8, 4) is 0 Å². The van der Waals surface area contributed by atoms with Crippen LogP contribution in [0, 0.1) is 11.8 Å². The maximum absolute atomic E-state index is 11.6. The summed E-state index contributed by atoms with van der Waals surface area (Å²) in [7, 11) is 0. The number of hydrogen-bond donors (Lipinski definition) is 2. The van der Waals surface area contributed by atoms with Crippen LogP contribution in [0.4, 0.5) is 4.79 Å². The van der Waals surface area contributed by atoms with Crippen LogP contribution in [0.5, 0.6) is 0 Å². The zero-order valence-corrected chi connectivity index (χ0v) is 8.58. The number of urea groups is 1. The second-order valence-electron chi connectivity index (χ2n) is 3.91. The Kier molecular flexibility index (Phi) is 3.92. The minimum absolute atomic E-state index is 0.0370. The molecular weight excluding hydrogens is 180 g/mol. The molecular formula is C10H18N2O2. The van der Waals surface area contributed by atoms with Gasteiger partial charge in [0.1, 0.15) is 0 Å². The average molecular weight is 198 g/mol. The Bertz CT molecular complexity index is 222. The van der Waals surface area contributed by atoms with E-state index in [0.717, 1.165) is 19.3 Å². The lowest BCUT2D eigenvalue weighted by atomic mass is 9.88. The Morgan fingerprint density at radius 3 is 2.43 bits per heavy atom. The molecule has 0 radical (unpaired) electrons. The molecule has 0 bridgehead atoms. The van der Waals surface area contributed by atoms with E-state index in [1.54, 1.807) is 0 Å². The van der Waals surface area contributed by atoms with Crippen LogP contribution in [0.3, 0.4) is 0 Å². The smallest absolute Gasteiger partial charge is 0.318 e. The molecule has 1 atom stereocenters. The molecule has 1 aliphatic carbocycles. The average Bonchev–Trinajstić information content (AvgIpc) is 2.57. The van der Waals surface area contributed by atoms with Crippen molar-refractivity contribution in [1.29, 1.82) is 0 Å². The molecule has 0 heterocycles. The maximum atomic E-state index is 11.6. The van der Waals surface area contributed by atoms with Gasteiger partial charge in [0.05, 0.1) is 0 Å². The van der Waals surface area contributed by atoms with Gasteiger partial charge in [-0.2, -0.15) is 0 Å². The SMILES string of the molecule is CC[C@H](C(=O)NC(N)=O)C1CCCC1. The largest absolute Gasteiger partial charge is 0.351 e. The van der Waals surface area contributed by atoms with Crippen molar-refractivity contribution in [3.05, 3.63) is 0 Å². The molecule has 4 heteroatoms. The summed E-state index contributed by atoms with van der Waals surface area (Å²) < 4.78 is 0. The molecule has 3 amide bonds. The van der Waals surface area contributed by atoms with E-state index in [0.29, 0.717) is 5.92 Å². The van der Waals surface area contributed by atoms with E-state index in [1.807, 2.05) is 6.92 Å². The Morgan fingerprint density at radius 1 is 1.43 bits per heavy atom. The van der Waals surface area contributed by atoms with Crippen molar-refractivity contribution >= 4 is 11.9 Å². The molecule has 1 aliphatic rings. The zero-order chi connectivity index (χ0) is 10.6. The first-order chi connectivity index (χ1) is 6.65. The predicted molar refractivity (Wildman–Crippen MR) is 53.5 cm³/mol. The van der Waals surface area contributed by atoms with Crippen LogP contribution in [0.15, 0.2) is 0 Å². The number of amides is 3. The lowest BCUT2D eigenvalue weighted by molar-refractivity contribution is -0.125. The Hall–Kier alpha value is -1.06. The number of hydrogen-bond acceptors (Lipinski definition) is 2. The van der Waals surface area contributed by atoms with Crippen LogP contribution >= 0.6 is 0 Å². The molecule has 0 saturated heterocycles. The minimum Gasteiger partial charge on any atom is -0.351 e. The second-order valence-corrected chi connectivity index (χ2v) is 3.91. The molecule has 14 heavy (non-hydrogen) atoms. The van der Waals surface area contributed by atoms with Crippen molar-refractivity contribution < 1.29 is 9.59 Å². The summed E-state index contributed by atoms with van der Waals surface area (Å²) in [6.45, 7) is 1.98. The van der Waals surface area contributed by atoms with E-state index in [-0.39, 0.29) is 11.8 Å². The first-order valence-corrected chi connectivity index (χ1v) is 5.25. The third-order valence-corrected chi connectivity index (χ3v) is 2.99. The third-order valence-electron chi connectivity index (χ3n) is 2.99. The van der Waals surface area contributed by atoms with Gasteiger partial charge >= 0.3 is 6.03 Å². The number of rotatable bonds is 3. The van der Waals surface area contributed by atoms with Crippen LogP contribution in [-0.2, 0) is 4.79 Å². The molecule has 0 spiro atoms. The summed E-state index contributed by atoms with van der Waals surface area (Å²) in [6, 6.07) is -0.744. The van der Waals surface area contributed by atoms with Crippen LogP contribution in [0.25, 0.3) is 0 Å². The van der Waals surface area contributed by atoms with Gasteiger partial charge in [0.2, 0.25) is 5.91 Å². The molecule has 3 N–H and O–H groups in total. The fourth-order valence-corrected chi connectivity index (χ4v) is 2.31. The summed E-state index contributed by atoms with van der Waals surface area (Å²) in [4.78, 5) is 22.1. The van der Waals surface area contributed by atoms with Gasteiger partial charge in [0, 0.05) is 5.92 Å². The van der Waals surface area contributed by atoms with Crippen molar-refractivity contribution in [1.82, 2.24) is 5.32 Å². The highest BCUT2D eigenvalue weighted by Gasteiger charge is 2.29. The van der Waals surface area contributed by atoms with Crippen molar-refractivity contribution in [2.24, 2.45) is 17.6 Å². The molecule has 1 saturated carbocycles. The summed E-state index contributed by atoms with van der Waals surface area (Å²) in [5.74, 6) is 0.205. The Balaban J connectivity index is 2.51. The summed E-state index contributed by atoms with van der Waals surface area (Å²) in [5.41, 5.74) is 4.91. The van der Waals surface area contributed by atoms with Crippen molar-refractivity contribution in [3.63, 3.8) is 0 Å². The molecule has 0 unspecified atom stereocenters. The number of carbonyl (C=O) groups excluding carboxylic acids is 2. The van der Waals surface area contributed by atoms with E-state index in [1.165, 1.54) is 12.8 Å². The predicted octanol–water partition coefficient (Wildman–Crippen LogP) is 1.40. The van der Waals surface area contributed by atoms with Crippen LogP contribution in [0.2, 0.25) is 0 Å². The molecule has 80 valence electrons. The number of imide groups is 1. The van der Waals surface area contributed by atoms with Crippen LogP contribution in [-0.4, -0.2) is 11.9 Å². The maximum Gasteiger partial charge on any atom is 0.318 e.